The van der Waals surface area contributed by atoms with Gasteiger partial charge in [-0.05, 0) is 100 Å². The van der Waals surface area contributed by atoms with Gasteiger partial charge in [0.05, 0.1) is 6.54 Å². The molecule has 8 heteroatoms. The first-order chi connectivity index (χ1) is 17.6. The third-order valence-electron chi connectivity index (χ3n) is 8.83. The number of benzene rings is 1. The number of fused-ring (bicyclic) bond motifs is 5. The Hall–Kier alpha value is -2.58. The van der Waals surface area contributed by atoms with Gasteiger partial charge in [-0.15, -0.1) is 11.3 Å². The predicted molar refractivity (Wildman–Crippen MR) is 144 cm³/mol. The Morgan fingerprint density at radius 2 is 2.08 bits per heavy atom. The number of thiazole rings is 1. The van der Waals surface area contributed by atoms with E-state index < -0.39 is 0 Å². The molecule has 0 aliphatic heterocycles. The third kappa shape index (κ3) is 5.23. The molecule has 2 aromatic rings. The van der Waals surface area contributed by atoms with Gasteiger partial charge in [-0.1, -0.05) is 13.0 Å². The van der Waals surface area contributed by atoms with Gasteiger partial charge in [-0.3, -0.25) is 19.3 Å². The second kappa shape index (κ2) is 10.3. The Bertz CT molecular complexity index is 1210. The minimum absolute atomic E-state index is 0.0203. The zero-order valence-corrected chi connectivity index (χ0v) is 23.0. The first kappa shape index (κ1) is 26.0. The van der Waals surface area contributed by atoms with Crippen molar-refractivity contribution in [2.24, 2.45) is 23.2 Å². The van der Waals surface area contributed by atoms with E-state index in [1.54, 1.807) is 11.1 Å². The summed E-state index contributed by atoms with van der Waals surface area (Å²) < 4.78 is 5.58. The number of esters is 1. The summed E-state index contributed by atoms with van der Waals surface area (Å²) in [4.78, 5) is 45.1. The number of ether oxygens (including phenoxy) is 1. The highest BCUT2D eigenvalue weighted by Gasteiger charge is 2.58. The summed E-state index contributed by atoms with van der Waals surface area (Å²) in [5, 5.41) is 3.56. The van der Waals surface area contributed by atoms with Crippen LogP contribution in [0, 0.1) is 30.1 Å². The van der Waals surface area contributed by atoms with E-state index in [9.17, 15) is 14.4 Å². The van der Waals surface area contributed by atoms with Gasteiger partial charge in [0.25, 0.3) is 0 Å². The van der Waals surface area contributed by atoms with Crippen LogP contribution in [0.5, 0.6) is 5.75 Å². The van der Waals surface area contributed by atoms with Gasteiger partial charge in [-0.2, -0.15) is 0 Å². The summed E-state index contributed by atoms with van der Waals surface area (Å²) in [5.74, 6) is 2.11. The minimum atomic E-state index is -0.284. The number of ketones is 1. The standard InChI is InChI=1S/C29H37N3O4S/c1-17-15-30-28(37-17)31-25(34)10-6-19-14-24(33)29(2)12-11-22-21-9-7-20(36-26(35)16-32(3)4)13-18(21)5-8-23(22)27(19)29/h7,9,13,15,19,22-23,27H,5-6,8,10-12,14,16H2,1-4H3,(H,30,31,34)/t19-,22?,23?,27?,29-/m1/s1. The Labute approximate surface area is 223 Å². The third-order valence-corrected chi connectivity index (χ3v) is 9.66. The summed E-state index contributed by atoms with van der Waals surface area (Å²) in [7, 11) is 3.70. The number of hydrogen-bond acceptors (Lipinski definition) is 7. The van der Waals surface area contributed by atoms with Crippen molar-refractivity contribution in [1.29, 1.82) is 0 Å². The second-order valence-corrected chi connectivity index (χ2v) is 12.8. The number of carbonyl (C=O) groups is 3. The molecule has 198 valence electrons. The highest BCUT2D eigenvalue weighted by atomic mass is 32.1. The van der Waals surface area contributed by atoms with Crippen LogP contribution < -0.4 is 10.1 Å². The predicted octanol–water partition coefficient (Wildman–Crippen LogP) is 4.99. The van der Waals surface area contributed by atoms with E-state index in [4.69, 9.17) is 4.74 Å². The lowest BCUT2D eigenvalue weighted by Crippen LogP contribution is -2.44. The number of Topliss-reactive ketones (excluding diaryl/α,β-unsaturated/α-hetero) is 1. The molecule has 1 aromatic heterocycles. The highest BCUT2D eigenvalue weighted by Crippen LogP contribution is 2.62. The molecule has 1 amide bonds. The molecule has 5 rings (SSSR count). The van der Waals surface area contributed by atoms with Gasteiger partial charge in [0.2, 0.25) is 5.91 Å². The Morgan fingerprint density at radius 1 is 1.27 bits per heavy atom. The summed E-state index contributed by atoms with van der Waals surface area (Å²) in [6, 6.07) is 6.10. The zero-order valence-electron chi connectivity index (χ0n) is 22.2. The SMILES string of the molecule is Cc1cnc(NC(=O)CC[C@@H]2CC(=O)[C@@]3(C)CCC4c5ccc(OC(=O)CN(C)C)cc5CCC4C23)s1. The molecule has 7 nitrogen and oxygen atoms in total. The van der Waals surface area contributed by atoms with Crippen LogP contribution in [0.3, 0.4) is 0 Å². The van der Waals surface area contributed by atoms with Crippen molar-refractivity contribution < 1.29 is 19.1 Å². The quantitative estimate of drug-likeness (QED) is 0.406. The van der Waals surface area contributed by atoms with E-state index in [1.165, 1.54) is 22.5 Å². The van der Waals surface area contributed by atoms with Crippen molar-refractivity contribution in [3.05, 3.63) is 40.4 Å². The molecule has 3 aliphatic rings. The summed E-state index contributed by atoms with van der Waals surface area (Å²) >= 11 is 1.48. The molecule has 1 N–H and O–H groups in total. The molecule has 2 fully saturated rings. The monoisotopic (exact) mass is 523 g/mol. The molecule has 0 bridgehead atoms. The van der Waals surface area contributed by atoms with Crippen LogP contribution in [0.2, 0.25) is 0 Å². The van der Waals surface area contributed by atoms with E-state index in [0.717, 1.165) is 37.0 Å². The maximum Gasteiger partial charge on any atom is 0.325 e. The number of aromatic nitrogens is 1. The number of amides is 1. The fourth-order valence-corrected chi connectivity index (χ4v) is 7.96. The number of rotatable bonds is 7. The van der Waals surface area contributed by atoms with E-state index in [1.807, 2.05) is 33.2 Å². The molecule has 0 saturated heterocycles. The molecule has 2 saturated carbocycles. The number of nitrogens with one attached hydrogen (secondary N) is 1. The van der Waals surface area contributed by atoms with E-state index >= 15 is 0 Å². The number of anilines is 1. The molecule has 37 heavy (non-hydrogen) atoms. The molecule has 5 atom stereocenters. The van der Waals surface area contributed by atoms with Gasteiger partial charge < -0.3 is 10.1 Å². The van der Waals surface area contributed by atoms with Crippen LogP contribution in [-0.4, -0.2) is 48.2 Å². The van der Waals surface area contributed by atoms with Crippen molar-refractivity contribution >= 4 is 34.1 Å². The van der Waals surface area contributed by atoms with Gasteiger partial charge in [0, 0.05) is 29.3 Å². The Kier molecular flexibility index (Phi) is 7.24. The van der Waals surface area contributed by atoms with E-state index in [-0.39, 0.29) is 29.8 Å². The van der Waals surface area contributed by atoms with Gasteiger partial charge >= 0.3 is 5.97 Å². The lowest BCUT2D eigenvalue weighted by Gasteiger charge is -2.50. The number of aryl methyl sites for hydroxylation is 2. The normalized spacial score (nSPS) is 28.4. The fourth-order valence-electron chi connectivity index (χ4n) is 7.28. The van der Waals surface area contributed by atoms with E-state index in [2.05, 4.69) is 23.3 Å². The summed E-state index contributed by atoms with van der Waals surface area (Å²) in [6.07, 6.45) is 7.36. The minimum Gasteiger partial charge on any atom is -0.426 e. The summed E-state index contributed by atoms with van der Waals surface area (Å²) in [5.41, 5.74) is 2.33. The second-order valence-electron chi connectivity index (χ2n) is 11.6. The smallest absolute Gasteiger partial charge is 0.325 e. The van der Waals surface area contributed by atoms with Gasteiger partial charge in [-0.25, -0.2) is 4.98 Å². The number of hydrogen-bond donors (Lipinski definition) is 1. The first-order valence-corrected chi connectivity index (χ1v) is 14.2. The fraction of sp³-hybridized carbons (Fsp3) is 0.586. The Morgan fingerprint density at radius 3 is 2.81 bits per heavy atom. The molecule has 0 spiro atoms. The molecule has 3 unspecified atom stereocenters. The zero-order chi connectivity index (χ0) is 26.3. The number of carbonyl (C=O) groups excluding carboxylic acids is 3. The highest BCUT2D eigenvalue weighted by molar-refractivity contribution is 7.15. The first-order valence-electron chi connectivity index (χ1n) is 13.4. The molecule has 0 radical (unpaired) electrons. The molecule has 1 heterocycles. The van der Waals surface area contributed by atoms with Crippen molar-refractivity contribution in [1.82, 2.24) is 9.88 Å². The van der Waals surface area contributed by atoms with E-state index in [0.29, 0.717) is 47.3 Å². The summed E-state index contributed by atoms with van der Waals surface area (Å²) in [6.45, 7) is 4.40. The van der Waals surface area contributed by atoms with Gasteiger partial charge in [0.1, 0.15) is 11.5 Å². The van der Waals surface area contributed by atoms with Crippen LogP contribution in [0.4, 0.5) is 5.13 Å². The maximum atomic E-state index is 13.3. The van der Waals surface area contributed by atoms with Crippen molar-refractivity contribution in [2.75, 3.05) is 26.0 Å². The number of likely N-dealkylation sites (N-methyl/N-ethyl adjacent to an activating group) is 1. The van der Waals surface area contributed by atoms with Crippen LogP contribution in [0.1, 0.15) is 67.4 Å². The lowest BCUT2D eigenvalue weighted by molar-refractivity contribution is -0.135. The van der Waals surface area contributed by atoms with Crippen molar-refractivity contribution in [2.45, 2.75) is 64.7 Å². The topological polar surface area (TPSA) is 88.6 Å². The van der Waals surface area contributed by atoms with Gasteiger partial charge in [0.15, 0.2) is 5.13 Å². The van der Waals surface area contributed by atoms with Crippen LogP contribution in [0.15, 0.2) is 24.4 Å². The lowest BCUT2D eigenvalue weighted by atomic mass is 9.54. The average Bonchev–Trinajstić information content (AvgIpc) is 3.36. The van der Waals surface area contributed by atoms with Crippen LogP contribution in [0.25, 0.3) is 0 Å². The molecule has 1 aromatic carbocycles. The van der Waals surface area contributed by atoms with Crippen LogP contribution in [-0.2, 0) is 20.8 Å². The maximum absolute atomic E-state index is 13.3. The molecule has 3 aliphatic carbocycles. The average molecular weight is 524 g/mol. The van der Waals surface area contributed by atoms with Crippen molar-refractivity contribution in [3.8, 4) is 5.75 Å². The number of nitrogens with zero attached hydrogens (tertiary/aromatic N) is 2. The largest absolute Gasteiger partial charge is 0.426 e. The Balaban J connectivity index is 1.29. The van der Waals surface area contributed by atoms with Crippen molar-refractivity contribution in [3.63, 3.8) is 0 Å². The van der Waals surface area contributed by atoms with Crippen LogP contribution >= 0.6 is 11.3 Å². The molecular formula is C29H37N3O4S. The molecular weight excluding hydrogens is 486 g/mol.